The summed E-state index contributed by atoms with van der Waals surface area (Å²) in [6.45, 7) is 3.64. The van der Waals surface area contributed by atoms with Gasteiger partial charge in [-0.1, -0.05) is 37.5 Å². The quantitative estimate of drug-likeness (QED) is 0.335. The topological polar surface area (TPSA) is 75.6 Å². The van der Waals surface area contributed by atoms with Gasteiger partial charge in [0, 0.05) is 0 Å². The Balaban J connectivity index is 2.65. The van der Waals surface area contributed by atoms with Crippen molar-refractivity contribution in [3.05, 3.63) is 48.0 Å². The van der Waals surface area contributed by atoms with Gasteiger partial charge in [0.25, 0.3) is 5.91 Å². The highest BCUT2D eigenvalue weighted by atomic mass is 19.4. The van der Waals surface area contributed by atoms with Crippen molar-refractivity contribution in [1.29, 1.82) is 0 Å². The van der Waals surface area contributed by atoms with Crippen molar-refractivity contribution in [2.45, 2.75) is 56.8 Å². The highest BCUT2D eigenvalue weighted by molar-refractivity contribution is 5.87. The molecule has 0 fully saturated rings. The molecule has 0 saturated carbocycles. The van der Waals surface area contributed by atoms with Gasteiger partial charge in [-0.2, -0.15) is 13.2 Å². The first-order valence-corrected chi connectivity index (χ1v) is 9.05. The molecule has 0 aliphatic carbocycles. The predicted molar refractivity (Wildman–Crippen MR) is 98.2 cm³/mol. The van der Waals surface area contributed by atoms with Crippen LogP contribution in [0.25, 0.3) is 0 Å². The molecule has 0 aliphatic heterocycles. The number of halogens is 3. The van der Waals surface area contributed by atoms with E-state index >= 15 is 0 Å². The van der Waals surface area contributed by atoms with E-state index in [1.54, 1.807) is 0 Å². The number of esters is 1. The van der Waals surface area contributed by atoms with Gasteiger partial charge in [0.2, 0.25) is 0 Å². The van der Waals surface area contributed by atoms with Crippen LogP contribution < -0.4 is 5.32 Å². The number of carbonyl (C=O) groups is 2. The molecule has 8 heteroatoms. The Morgan fingerprint density at radius 2 is 1.79 bits per heavy atom. The molecule has 0 aromatic heterocycles. The number of carbonyl (C=O) groups excluding carboxylic acids is 2. The number of hydrogen-bond acceptors (Lipinski definition) is 4. The first-order chi connectivity index (χ1) is 13.2. The lowest BCUT2D eigenvalue weighted by Gasteiger charge is -2.19. The predicted octanol–water partition coefficient (Wildman–Crippen LogP) is 3.92. The standard InChI is InChI=1S/C20H26F3NO4/c1-3-4-5-6-7-8-9-16(19(27)28-2)24-18(26)17(25)14-10-12-15(13-11-14)20(21,22)23/h3,10-13,16-17,25H,1,4-9H2,2H3,(H,24,26)/t16-,17+/m0/s1. The van der Waals surface area contributed by atoms with Gasteiger partial charge in [-0.3, -0.25) is 4.79 Å². The number of amides is 1. The van der Waals surface area contributed by atoms with Gasteiger partial charge in [0.05, 0.1) is 12.7 Å². The Labute approximate surface area is 162 Å². The number of benzene rings is 1. The third kappa shape index (κ3) is 7.72. The summed E-state index contributed by atoms with van der Waals surface area (Å²) in [5.41, 5.74) is -0.883. The molecule has 1 rings (SSSR count). The minimum absolute atomic E-state index is 0.00135. The molecule has 1 aromatic rings. The Morgan fingerprint density at radius 3 is 2.32 bits per heavy atom. The summed E-state index contributed by atoms with van der Waals surface area (Å²) in [5, 5.41) is 12.5. The second-order valence-corrected chi connectivity index (χ2v) is 6.39. The zero-order valence-electron chi connectivity index (χ0n) is 15.8. The molecule has 1 amide bonds. The van der Waals surface area contributed by atoms with Crippen LogP contribution in [-0.4, -0.2) is 30.1 Å². The van der Waals surface area contributed by atoms with E-state index in [1.165, 1.54) is 7.11 Å². The molecular formula is C20H26F3NO4. The number of ether oxygens (including phenoxy) is 1. The van der Waals surface area contributed by atoms with Crippen LogP contribution in [-0.2, 0) is 20.5 Å². The average Bonchev–Trinajstić information content (AvgIpc) is 2.67. The molecule has 2 N–H and O–H groups in total. The van der Waals surface area contributed by atoms with Crippen LogP contribution in [0.3, 0.4) is 0 Å². The number of aliphatic hydroxyl groups is 1. The second-order valence-electron chi connectivity index (χ2n) is 6.39. The zero-order chi connectivity index (χ0) is 21.2. The maximum absolute atomic E-state index is 12.6. The number of unbranched alkanes of at least 4 members (excludes halogenated alkanes) is 4. The molecule has 2 atom stereocenters. The van der Waals surface area contributed by atoms with Crippen molar-refractivity contribution >= 4 is 11.9 Å². The number of methoxy groups -OCH3 is 1. The fourth-order valence-corrected chi connectivity index (χ4v) is 2.64. The van der Waals surface area contributed by atoms with E-state index in [9.17, 15) is 27.9 Å². The number of allylic oxidation sites excluding steroid dienone is 1. The number of rotatable bonds is 11. The summed E-state index contributed by atoms with van der Waals surface area (Å²) >= 11 is 0. The molecule has 0 spiro atoms. The first-order valence-electron chi connectivity index (χ1n) is 9.05. The number of nitrogens with one attached hydrogen (secondary N) is 1. The van der Waals surface area contributed by atoms with E-state index in [0.717, 1.165) is 49.9 Å². The first kappa shape index (κ1) is 23.7. The molecule has 1 aromatic carbocycles. The molecule has 5 nitrogen and oxygen atoms in total. The third-order valence-electron chi connectivity index (χ3n) is 4.26. The summed E-state index contributed by atoms with van der Waals surface area (Å²) in [6, 6.07) is 2.69. The molecule has 156 valence electrons. The highest BCUT2D eigenvalue weighted by Crippen LogP contribution is 2.30. The van der Waals surface area contributed by atoms with Crippen LogP contribution in [0.1, 0.15) is 55.8 Å². The van der Waals surface area contributed by atoms with E-state index in [-0.39, 0.29) is 5.56 Å². The lowest BCUT2D eigenvalue weighted by atomic mass is 10.0. The Bertz CT molecular complexity index is 644. The van der Waals surface area contributed by atoms with Gasteiger partial charge in [0.15, 0.2) is 6.10 Å². The van der Waals surface area contributed by atoms with Crippen LogP contribution in [0.4, 0.5) is 13.2 Å². The molecule has 0 radical (unpaired) electrons. The summed E-state index contributed by atoms with van der Waals surface area (Å²) in [7, 11) is 1.19. The van der Waals surface area contributed by atoms with Crippen molar-refractivity contribution < 1.29 is 32.6 Å². The molecule has 0 bridgehead atoms. The normalized spacial score (nSPS) is 13.5. The average molecular weight is 401 g/mol. The fraction of sp³-hybridized carbons (Fsp3) is 0.500. The van der Waals surface area contributed by atoms with Crippen LogP contribution >= 0.6 is 0 Å². The largest absolute Gasteiger partial charge is 0.467 e. The smallest absolute Gasteiger partial charge is 0.416 e. The number of hydrogen-bond donors (Lipinski definition) is 2. The van der Waals surface area contributed by atoms with Crippen LogP contribution in [0.5, 0.6) is 0 Å². The third-order valence-corrected chi connectivity index (χ3v) is 4.26. The number of alkyl halides is 3. The van der Waals surface area contributed by atoms with E-state index in [0.29, 0.717) is 12.8 Å². The fourth-order valence-electron chi connectivity index (χ4n) is 2.64. The van der Waals surface area contributed by atoms with Gasteiger partial charge in [0.1, 0.15) is 6.04 Å². The Kier molecular flexibility index (Phi) is 9.72. The molecule has 0 aliphatic rings. The van der Waals surface area contributed by atoms with Gasteiger partial charge in [-0.15, -0.1) is 6.58 Å². The maximum Gasteiger partial charge on any atom is 0.416 e. The molecule has 28 heavy (non-hydrogen) atoms. The summed E-state index contributed by atoms with van der Waals surface area (Å²) < 4.78 is 42.5. The van der Waals surface area contributed by atoms with Crippen LogP contribution in [0.15, 0.2) is 36.9 Å². The lowest BCUT2D eigenvalue weighted by molar-refractivity contribution is -0.146. The highest BCUT2D eigenvalue weighted by Gasteiger charge is 2.31. The molecule has 0 unspecified atom stereocenters. The SMILES string of the molecule is C=CCCCCCC[C@H](NC(=O)[C@H](O)c1ccc(C(F)(F)F)cc1)C(=O)OC. The maximum atomic E-state index is 12.6. The van der Waals surface area contributed by atoms with Crippen molar-refractivity contribution in [2.75, 3.05) is 7.11 Å². The van der Waals surface area contributed by atoms with Crippen molar-refractivity contribution in [1.82, 2.24) is 5.32 Å². The van der Waals surface area contributed by atoms with E-state index < -0.39 is 35.8 Å². The Hall–Kier alpha value is -2.35. The lowest BCUT2D eigenvalue weighted by Crippen LogP contribution is -2.43. The monoisotopic (exact) mass is 401 g/mol. The van der Waals surface area contributed by atoms with Gasteiger partial charge in [-0.25, -0.2) is 4.79 Å². The van der Waals surface area contributed by atoms with E-state index in [1.807, 2.05) is 6.08 Å². The zero-order valence-corrected chi connectivity index (χ0v) is 15.8. The minimum atomic E-state index is -4.51. The summed E-state index contributed by atoms with van der Waals surface area (Å²) in [6.07, 6.45) is 0.373. The molecule has 0 saturated heterocycles. The molecular weight excluding hydrogens is 375 g/mol. The number of aliphatic hydroxyl groups excluding tert-OH is 1. The molecule has 0 heterocycles. The van der Waals surface area contributed by atoms with Crippen LogP contribution in [0.2, 0.25) is 0 Å². The van der Waals surface area contributed by atoms with Crippen molar-refractivity contribution in [3.63, 3.8) is 0 Å². The summed E-state index contributed by atoms with van der Waals surface area (Å²) in [4.78, 5) is 24.1. The second kappa shape index (κ2) is 11.5. The Morgan fingerprint density at radius 1 is 1.18 bits per heavy atom. The van der Waals surface area contributed by atoms with E-state index in [4.69, 9.17) is 0 Å². The summed E-state index contributed by atoms with van der Waals surface area (Å²) in [5.74, 6) is -1.51. The van der Waals surface area contributed by atoms with Gasteiger partial charge >= 0.3 is 12.1 Å². The van der Waals surface area contributed by atoms with Crippen molar-refractivity contribution in [2.24, 2.45) is 0 Å². The van der Waals surface area contributed by atoms with Gasteiger partial charge in [-0.05, 0) is 37.0 Å². The van der Waals surface area contributed by atoms with Crippen molar-refractivity contribution in [3.8, 4) is 0 Å². The van der Waals surface area contributed by atoms with Gasteiger partial charge < -0.3 is 15.2 Å². The van der Waals surface area contributed by atoms with E-state index in [2.05, 4.69) is 16.6 Å². The van der Waals surface area contributed by atoms with Crippen LogP contribution in [0, 0.1) is 0 Å². The minimum Gasteiger partial charge on any atom is -0.467 e.